The molecule has 0 amide bonds. The summed E-state index contributed by atoms with van der Waals surface area (Å²) in [6.07, 6.45) is 72.9. The molecule has 0 rings (SSSR count). The molecule has 0 aromatic carbocycles. The highest BCUT2D eigenvalue weighted by atomic mass is 31.2. The van der Waals surface area contributed by atoms with Crippen molar-refractivity contribution >= 4 is 13.8 Å². The van der Waals surface area contributed by atoms with Gasteiger partial charge in [-0.2, -0.15) is 0 Å². The maximum absolute atomic E-state index is 12.8. The van der Waals surface area contributed by atoms with Gasteiger partial charge in [0.15, 0.2) is 0 Å². The van der Waals surface area contributed by atoms with Gasteiger partial charge in [-0.1, -0.05) is 213 Å². The van der Waals surface area contributed by atoms with Crippen LogP contribution in [0.5, 0.6) is 0 Å². The lowest BCUT2D eigenvalue weighted by Gasteiger charge is -2.24. The summed E-state index contributed by atoms with van der Waals surface area (Å²) in [5.74, 6) is -0.335. The second-order valence-electron chi connectivity index (χ2n) is 19.2. The van der Waals surface area contributed by atoms with Crippen LogP contribution in [0, 0.1) is 0 Å². The number of nitrogens with zero attached hydrogens (tertiary/aromatic N) is 1. The van der Waals surface area contributed by atoms with Gasteiger partial charge in [-0.25, -0.2) is 4.57 Å². The second-order valence-corrected chi connectivity index (χ2v) is 20.7. The van der Waals surface area contributed by atoms with Crippen LogP contribution in [0.15, 0.2) is 109 Å². The fourth-order valence-electron chi connectivity index (χ4n) is 7.16. The van der Waals surface area contributed by atoms with E-state index >= 15 is 0 Å². The number of ether oxygens (including phenoxy) is 2. The van der Waals surface area contributed by atoms with Gasteiger partial charge < -0.3 is 18.9 Å². The van der Waals surface area contributed by atoms with Gasteiger partial charge >= 0.3 is 13.8 Å². The van der Waals surface area contributed by atoms with Gasteiger partial charge in [0, 0.05) is 13.0 Å². The monoisotopic (exact) mass is 983 g/mol. The predicted molar refractivity (Wildman–Crippen MR) is 297 cm³/mol. The Morgan fingerprint density at radius 2 is 0.797 bits per heavy atom. The van der Waals surface area contributed by atoms with Crippen LogP contribution in [0.25, 0.3) is 0 Å². The Hall–Kier alpha value is -2.84. The number of quaternary nitrogens is 1. The van der Waals surface area contributed by atoms with Crippen molar-refractivity contribution in [3.05, 3.63) is 109 Å². The Kier molecular flexibility index (Phi) is 49.4. The SMILES string of the molecule is CC/C=C\C/C=C\C/C=C\C/C=C\C/C=C\CCCCCCCC(=O)OC(COCCCCCCCCCCCCCCC/C=C\C/C=C\C/C=C\C/C=C\CC)COP(=O)(O)OCC[N+](C)(C)C. The molecule has 0 aliphatic heterocycles. The van der Waals surface area contributed by atoms with E-state index in [-0.39, 0.29) is 25.8 Å². The summed E-state index contributed by atoms with van der Waals surface area (Å²) in [7, 11) is 1.64. The summed E-state index contributed by atoms with van der Waals surface area (Å²) in [4.78, 5) is 23.1. The molecule has 0 aliphatic carbocycles. The van der Waals surface area contributed by atoms with Crippen molar-refractivity contribution in [2.45, 2.75) is 213 Å². The van der Waals surface area contributed by atoms with Crippen LogP contribution in [0.1, 0.15) is 206 Å². The zero-order valence-corrected chi connectivity index (χ0v) is 45.9. The van der Waals surface area contributed by atoms with E-state index < -0.39 is 13.9 Å². The Bertz CT molecular complexity index is 1470. The molecular weight excluding hydrogens is 878 g/mol. The molecule has 0 aliphatic rings. The van der Waals surface area contributed by atoms with Crippen molar-refractivity contribution in [1.82, 2.24) is 0 Å². The summed E-state index contributed by atoms with van der Waals surface area (Å²) < 4.78 is 35.2. The third-order valence-electron chi connectivity index (χ3n) is 11.3. The number of esters is 1. The number of carbonyl (C=O) groups is 1. The number of carbonyl (C=O) groups excluding carboxylic acids is 1. The van der Waals surface area contributed by atoms with Crippen LogP contribution < -0.4 is 0 Å². The Morgan fingerprint density at radius 1 is 0.449 bits per heavy atom. The first-order valence-electron chi connectivity index (χ1n) is 27.6. The molecule has 2 atom stereocenters. The van der Waals surface area contributed by atoms with E-state index in [0.717, 1.165) is 109 Å². The van der Waals surface area contributed by atoms with Crippen LogP contribution >= 0.6 is 7.82 Å². The average Bonchev–Trinajstić information content (AvgIpc) is 3.31. The Labute approximate surface area is 425 Å². The quantitative estimate of drug-likeness (QED) is 0.0213. The van der Waals surface area contributed by atoms with Crippen LogP contribution in [-0.4, -0.2) is 75.6 Å². The van der Waals surface area contributed by atoms with E-state index in [4.69, 9.17) is 18.5 Å². The van der Waals surface area contributed by atoms with Crippen molar-refractivity contribution < 1.29 is 37.3 Å². The van der Waals surface area contributed by atoms with Crippen molar-refractivity contribution in [2.75, 3.05) is 54.1 Å². The molecule has 2 unspecified atom stereocenters. The highest BCUT2D eigenvalue weighted by Gasteiger charge is 2.26. The number of unbranched alkanes of at least 4 members (excludes halogenated alkanes) is 18. The number of likely N-dealkylation sites (N-methyl/N-ethyl adjacent to an activating group) is 1. The molecule has 0 heterocycles. The molecular formula is C60H105NO7P+. The van der Waals surface area contributed by atoms with Gasteiger partial charge in [0.1, 0.15) is 19.3 Å². The van der Waals surface area contributed by atoms with Crippen LogP contribution in [0.2, 0.25) is 0 Å². The third-order valence-corrected chi connectivity index (χ3v) is 12.3. The maximum Gasteiger partial charge on any atom is 0.472 e. The van der Waals surface area contributed by atoms with E-state index in [9.17, 15) is 14.3 Å². The smallest absolute Gasteiger partial charge is 0.457 e. The minimum Gasteiger partial charge on any atom is -0.457 e. The molecule has 0 bridgehead atoms. The first-order valence-corrected chi connectivity index (χ1v) is 29.1. The van der Waals surface area contributed by atoms with E-state index in [0.29, 0.717) is 24.1 Å². The molecule has 0 radical (unpaired) electrons. The van der Waals surface area contributed by atoms with Gasteiger partial charge in [-0.3, -0.25) is 13.8 Å². The summed E-state index contributed by atoms with van der Waals surface area (Å²) >= 11 is 0. The molecule has 8 nitrogen and oxygen atoms in total. The topological polar surface area (TPSA) is 91.3 Å². The van der Waals surface area contributed by atoms with Crippen LogP contribution in [0.4, 0.5) is 0 Å². The minimum atomic E-state index is -4.30. The van der Waals surface area contributed by atoms with E-state index in [1.165, 1.54) is 77.0 Å². The minimum absolute atomic E-state index is 0.0785. The molecule has 396 valence electrons. The van der Waals surface area contributed by atoms with Gasteiger partial charge in [-0.15, -0.1) is 0 Å². The summed E-state index contributed by atoms with van der Waals surface area (Å²) in [5.41, 5.74) is 0. The number of rotatable bonds is 50. The lowest BCUT2D eigenvalue weighted by molar-refractivity contribution is -0.870. The molecule has 69 heavy (non-hydrogen) atoms. The lowest BCUT2D eigenvalue weighted by atomic mass is 10.0. The molecule has 1 N–H and O–H groups in total. The van der Waals surface area contributed by atoms with Gasteiger partial charge in [0.25, 0.3) is 0 Å². The number of hydrogen-bond acceptors (Lipinski definition) is 6. The number of phosphoric acid groups is 1. The zero-order valence-electron chi connectivity index (χ0n) is 45.0. The van der Waals surface area contributed by atoms with Crippen molar-refractivity contribution in [3.63, 3.8) is 0 Å². The average molecular weight is 983 g/mol. The van der Waals surface area contributed by atoms with Crippen LogP contribution in [0.3, 0.4) is 0 Å². The molecule has 0 aromatic rings. The molecule has 9 heteroatoms. The Morgan fingerprint density at radius 3 is 1.19 bits per heavy atom. The molecule has 0 aromatic heterocycles. The number of phosphoric ester groups is 1. The standard InChI is InChI=1S/C60H104NO7P/c1-6-8-10-12-14-16-18-20-22-24-26-28-29-30-31-32-34-36-38-40-42-44-46-48-50-52-55-65-57-59(58-67-69(63,64)66-56-54-61(3,4)5)68-60(62)53-51-49-47-45-43-41-39-37-35-33-27-25-23-21-19-17-15-13-11-9-7-2/h8-11,14-17,20-23,26-28,33,37,39,59H,6-7,12-13,18-19,24-25,29-32,34-36,38,40-58H2,1-5H3/p+1/b10-8-,11-9-,16-14-,17-15-,22-20-,23-21-,28-26-,33-27-,39-37-. The molecule has 0 saturated carbocycles. The number of hydrogen-bond donors (Lipinski definition) is 1. The van der Waals surface area contributed by atoms with Gasteiger partial charge in [0.05, 0.1) is 34.4 Å². The summed E-state index contributed by atoms with van der Waals surface area (Å²) in [6, 6.07) is 0. The van der Waals surface area contributed by atoms with Gasteiger partial charge in [0.2, 0.25) is 0 Å². The number of allylic oxidation sites excluding steroid dienone is 18. The highest BCUT2D eigenvalue weighted by molar-refractivity contribution is 7.47. The highest BCUT2D eigenvalue weighted by Crippen LogP contribution is 2.43. The van der Waals surface area contributed by atoms with E-state index in [1.54, 1.807) is 0 Å². The predicted octanol–water partition coefficient (Wildman–Crippen LogP) is 17.5. The fourth-order valence-corrected chi connectivity index (χ4v) is 7.90. The second kappa shape index (κ2) is 51.5. The maximum atomic E-state index is 12.8. The van der Waals surface area contributed by atoms with Crippen molar-refractivity contribution in [3.8, 4) is 0 Å². The molecule has 0 fully saturated rings. The summed E-state index contributed by atoms with van der Waals surface area (Å²) in [6.45, 7) is 5.36. The molecule has 0 saturated heterocycles. The summed E-state index contributed by atoms with van der Waals surface area (Å²) in [5, 5.41) is 0. The van der Waals surface area contributed by atoms with Crippen molar-refractivity contribution in [1.29, 1.82) is 0 Å². The van der Waals surface area contributed by atoms with E-state index in [1.807, 2.05) is 21.1 Å². The normalized spacial score (nSPS) is 14.3. The fraction of sp³-hybridized carbons (Fsp3) is 0.683. The first kappa shape index (κ1) is 66.2. The largest absolute Gasteiger partial charge is 0.472 e. The first-order chi connectivity index (χ1) is 33.6. The zero-order chi connectivity index (χ0) is 50.5. The van der Waals surface area contributed by atoms with Gasteiger partial charge in [-0.05, 0) is 96.3 Å². The lowest BCUT2D eigenvalue weighted by Crippen LogP contribution is -2.37. The van der Waals surface area contributed by atoms with Crippen molar-refractivity contribution in [2.24, 2.45) is 0 Å². The van der Waals surface area contributed by atoms with Crippen LogP contribution in [-0.2, 0) is 27.9 Å². The van der Waals surface area contributed by atoms with E-state index in [2.05, 4.69) is 123 Å². The molecule has 0 spiro atoms. The Balaban J connectivity index is 4.15. The third kappa shape index (κ3) is 56.0.